The van der Waals surface area contributed by atoms with Crippen LogP contribution < -0.4 is 16.6 Å². The minimum absolute atomic E-state index is 0.00252. The summed E-state index contributed by atoms with van der Waals surface area (Å²) in [7, 11) is 1.21. The van der Waals surface area contributed by atoms with E-state index in [2.05, 4.69) is 10.6 Å². The molecule has 0 aliphatic carbocycles. The van der Waals surface area contributed by atoms with Gasteiger partial charge in [0.15, 0.2) is 6.23 Å². The van der Waals surface area contributed by atoms with Gasteiger partial charge < -0.3 is 10.1 Å². The Kier molecular flexibility index (Phi) is 6.66. The average molecular weight is 338 g/mol. The van der Waals surface area contributed by atoms with E-state index in [0.717, 1.165) is 4.57 Å². The van der Waals surface area contributed by atoms with Crippen molar-refractivity contribution in [2.24, 2.45) is 5.29 Å². The summed E-state index contributed by atoms with van der Waals surface area (Å²) in [6.45, 7) is -0.392. The van der Waals surface area contributed by atoms with Gasteiger partial charge in [0.2, 0.25) is 5.82 Å². The number of nitrogens with one attached hydrogen (secondary N) is 2. The maximum Gasteiger partial charge on any atom is 0.340 e. The van der Waals surface area contributed by atoms with Gasteiger partial charge in [-0.3, -0.25) is 14.3 Å². The maximum absolute atomic E-state index is 13.2. The number of nitroso groups, excluding NO2 is 1. The molecule has 0 unspecified atom stereocenters. The molecular weight excluding hydrogens is 325 g/mol. The zero-order valence-electron chi connectivity index (χ0n) is 11.4. The summed E-state index contributed by atoms with van der Waals surface area (Å²) >= 11 is 5.39. The Morgan fingerprint density at radius 3 is 2.86 bits per heavy atom. The SMILES string of the molecule is CO[C@H](CNC(=O)N(CCCl)N=O)n1cc(F)c(=O)[nH]c1=O. The highest BCUT2D eigenvalue weighted by molar-refractivity contribution is 6.18. The molecule has 0 bridgehead atoms. The normalized spacial score (nSPS) is 11.8. The Bertz CT molecular complexity index is 647. The Balaban J connectivity index is 2.84. The van der Waals surface area contributed by atoms with Crippen molar-refractivity contribution in [2.75, 3.05) is 26.1 Å². The van der Waals surface area contributed by atoms with Crippen molar-refractivity contribution in [3.8, 4) is 0 Å². The van der Waals surface area contributed by atoms with Crippen LogP contribution in [0.2, 0.25) is 0 Å². The first-order valence-corrected chi connectivity index (χ1v) is 6.46. The van der Waals surface area contributed by atoms with Crippen molar-refractivity contribution in [1.29, 1.82) is 0 Å². The van der Waals surface area contributed by atoms with Gasteiger partial charge in [-0.1, -0.05) is 0 Å². The summed E-state index contributed by atoms with van der Waals surface area (Å²) < 4.78 is 18.9. The molecular formula is C10H13ClFN5O5. The van der Waals surface area contributed by atoms with Crippen LogP contribution in [0.15, 0.2) is 21.1 Å². The summed E-state index contributed by atoms with van der Waals surface area (Å²) in [6, 6.07) is -0.865. The number of H-pyrrole nitrogens is 1. The molecule has 0 spiro atoms. The molecule has 0 fully saturated rings. The van der Waals surface area contributed by atoms with Gasteiger partial charge in [-0.15, -0.1) is 16.5 Å². The topological polar surface area (TPSA) is 126 Å². The first-order valence-electron chi connectivity index (χ1n) is 5.93. The molecule has 2 amide bonds. The molecule has 1 atom stereocenters. The Morgan fingerprint density at radius 1 is 1.64 bits per heavy atom. The van der Waals surface area contributed by atoms with Crippen molar-refractivity contribution >= 4 is 17.6 Å². The highest BCUT2D eigenvalue weighted by Crippen LogP contribution is 2.03. The molecule has 0 saturated heterocycles. The number of aromatic amines is 1. The molecule has 1 aromatic heterocycles. The lowest BCUT2D eigenvalue weighted by Gasteiger charge is -2.19. The van der Waals surface area contributed by atoms with Gasteiger partial charge in [0.1, 0.15) is 0 Å². The minimum atomic E-state index is -1.19. The first kappa shape index (κ1) is 17.8. The van der Waals surface area contributed by atoms with E-state index >= 15 is 0 Å². The largest absolute Gasteiger partial charge is 0.359 e. The number of aromatic nitrogens is 2. The van der Waals surface area contributed by atoms with Crippen LogP contribution in [0.25, 0.3) is 0 Å². The second-order valence-electron chi connectivity index (χ2n) is 3.91. The molecule has 1 heterocycles. The van der Waals surface area contributed by atoms with E-state index in [0.29, 0.717) is 11.2 Å². The Morgan fingerprint density at radius 2 is 2.32 bits per heavy atom. The van der Waals surface area contributed by atoms with Gasteiger partial charge in [-0.2, -0.15) is 9.40 Å². The molecule has 12 heteroatoms. The minimum Gasteiger partial charge on any atom is -0.359 e. The van der Waals surface area contributed by atoms with Gasteiger partial charge in [-0.05, 0) is 0 Å². The third-order valence-corrected chi connectivity index (χ3v) is 2.73. The molecule has 0 aliphatic heterocycles. The summed E-state index contributed by atoms with van der Waals surface area (Å²) in [6.07, 6.45) is -0.456. The molecule has 2 N–H and O–H groups in total. The number of amides is 2. The second kappa shape index (κ2) is 8.24. The number of rotatable bonds is 7. The van der Waals surface area contributed by atoms with Gasteiger partial charge in [0.25, 0.3) is 5.56 Å². The van der Waals surface area contributed by atoms with Crippen LogP contribution in [-0.4, -0.2) is 46.7 Å². The number of hydrogen-bond acceptors (Lipinski definition) is 6. The van der Waals surface area contributed by atoms with Crippen molar-refractivity contribution in [2.45, 2.75) is 6.23 Å². The predicted molar refractivity (Wildman–Crippen MR) is 73.9 cm³/mol. The predicted octanol–water partition coefficient (Wildman–Crippen LogP) is -0.248. The van der Waals surface area contributed by atoms with Crippen LogP contribution in [0.5, 0.6) is 0 Å². The standard InChI is InChI=1S/C10H13ClFN5O5/c1-22-7(4-13-9(19)17(15-21)3-2-11)16-5-6(12)8(18)14-10(16)20/h5,7H,2-4H2,1H3,(H,13,19)(H,14,18,20)/t7-/m1/s1. The van der Waals surface area contributed by atoms with E-state index in [4.69, 9.17) is 16.3 Å². The van der Waals surface area contributed by atoms with Gasteiger partial charge in [0, 0.05) is 13.0 Å². The van der Waals surface area contributed by atoms with Crippen LogP contribution in [0, 0.1) is 10.7 Å². The smallest absolute Gasteiger partial charge is 0.340 e. The zero-order chi connectivity index (χ0) is 16.7. The maximum atomic E-state index is 13.2. The number of carbonyl (C=O) groups is 1. The molecule has 0 aliphatic rings. The number of methoxy groups -OCH3 is 1. The Labute approximate surface area is 127 Å². The molecule has 1 rings (SSSR count). The number of urea groups is 1. The lowest BCUT2D eigenvalue weighted by Crippen LogP contribution is -2.43. The molecule has 10 nitrogen and oxygen atoms in total. The van der Waals surface area contributed by atoms with E-state index < -0.39 is 29.3 Å². The fraction of sp³-hybridized carbons (Fsp3) is 0.500. The highest BCUT2D eigenvalue weighted by atomic mass is 35.5. The van der Waals surface area contributed by atoms with Crippen molar-refractivity contribution < 1.29 is 13.9 Å². The lowest BCUT2D eigenvalue weighted by atomic mass is 10.5. The van der Waals surface area contributed by atoms with Gasteiger partial charge in [-0.25, -0.2) is 9.59 Å². The van der Waals surface area contributed by atoms with Gasteiger partial charge >= 0.3 is 11.7 Å². The number of halogens is 2. The van der Waals surface area contributed by atoms with E-state index in [1.165, 1.54) is 7.11 Å². The van der Waals surface area contributed by atoms with Crippen molar-refractivity contribution in [1.82, 2.24) is 19.9 Å². The summed E-state index contributed by atoms with van der Waals surface area (Å²) in [4.78, 5) is 46.3. The van der Waals surface area contributed by atoms with Crippen LogP contribution >= 0.6 is 11.6 Å². The monoisotopic (exact) mass is 337 g/mol. The van der Waals surface area contributed by atoms with Crippen LogP contribution in [-0.2, 0) is 4.74 Å². The average Bonchev–Trinajstić information content (AvgIpc) is 2.49. The van der Waals surface area contributed by atoms with Crippen LogP contribution in [0.1, 0.15) is 6.23 Å². The Hall–Kier alpha value is -2.27. The quantitative estimate of drug-likeness (QED) is 0.403. The molecule has 122 valence electrons. The number of nitrogens with zero attached hydrogens (tertiary/aromatic N) is 3. The number of alkyl halides is 1. The number of carbonyl (C=O) groups excluding carboxylic acids is 1. The highest BCUT2D eigenvalue weighted by Gasteiger charge is 2.18. The summed E-state index contributed by atoms with van der Waals surface area (Å²) in [5.74, 6) is -1.19. The second-order valence-corrected chi connectivity index (χ2v) is 4.29. The summed E-state index contributed by atoms with van der Waals surface area (Å²) in [5.41, 5.74) is -2.09. The summed E-state index contributed by atoms with van der Waals surface area (Å²) in [5, 5.41) is 5.27. The van der Waals surface area contributed by atoms with Crippen LogP contribution in [0.3, 0.4) is 0 Å². The van der Waals surface area contributed by atoms with Crippen LogP contribution in [0.4, 0.5) is 9.18 Å². The molecule has 1 aromatic rings. The van der Waals surface area contributed by atoms with Crippen molar-refractivity contribution in [3.05, 3.63) is 37.8 Å². The van der Waals surface area contributed by atoms with Gasteiger partial charge in [0.05, 0.1) is 24.6 Å². The molecule has 0 radical (unpaired) electrons. The number of ether oxygens (including phenoxy) is 1. The van der Waals surface area contributed by atoms with E-state index in [9.17, 15) is 23.7 Å². The van der Waals surface area contributed by atoms with E-state index in [-0.39, 0.29) is 19.0 Å². The fourth-order valence-corrected chi connectivity index (χ4v) is 1.66. The van der Waals surface area contributed by atoms with Crippen molar-refractivity contribution in [3.63, 3.8) is 0 Å². The zero-order valence-corrected chi connectivity index (χ0v) is 12.2. The number of hydrogen-bond donors (Lipinski definition) is 2. The third kappa shape index (κ3) is 4.36. The fourth-order valence-electron chi connectivity index (χ4n) is 1.50. The molecule has 0 aromatic carbocycles. The molecule has 22 heavy (non-hydrogen) atoms. The van der Waals surface area contributed by atoms with E-state index in [1.54, 1.807) is 4.98 Å². The first-order chi connectivity index (χ1) is 10.4. The van der Waals surface area contributed by atoms with E-state index in [1.807, 2.05) is 0 Å². The third-order valence-electron chi connectivity index (χ3n) is 2.56. The molecule has 0 saturated carbocycles. The lowest BCUT2D eigenvalue weighted by molar-refractivity contribution is 0.0402.